The smallest absolute Gasteiger partial charge is 0.278 e. The molecule has 0 fully saturated rings. The van der Waals surface area contributed by atoms with Crippen LogP contribution in [0.3, 0.4) is 0 Å². The SMILES string of the molecule is CCC(CC)c1cc(C)n2nc(-c3ccc(Cl)cc3C)n(CC)c(=O)c12. The Balaban J connectivity index is 2.37. The highest BCUT2D eigenvalue weighted by Gasteiger charge is 2.21. The van der Waals surface area contributed by atoms with Crippen LogP contribution in [0.4, 0.5) is 0 Å². The molecule has 0 saturated carbocycles. The Bertz CT molecular complexity index is 1010. The Morgan fingerprint density at radius 2 is 1.81 bits per heavy atom. The molecule has 0 spiro atoms. The fourth-order valence-electron chi connectivity index (χ4n) is 3.78. The van der Waals surface area contributed by atoms with E-state index >= 15 is 0 Å². The Labute approximate surface area is 159 Å². The van der Waals surface area contributed by atoms with Crippen molar-refractivity contribution in [3.8, 4) is 11.4 Å². The molecule has 3 rings (SSSR count). The largest absolute Gasteiger partial charge is 0.290 e. The summed E-state index contributed by atoms with van der Waals surface area (Å²) < 4.78 is 3.60. The molecule has 0 radical (unpaired) electrons. The van der Waals surface area contributed by atoms with Gasteiger partial charge in [-0.3, -0.25) is 9.36 Å². The number of aryl methyl sites for hydroxylation is 2. The van der Waals surface area contributed by atoms with E-state index in [1.54, 1.807) is 4.57 Å². The minimum absolute atomic E-state index is 0.0295. The van der Waals surface area contributed by atoms with Gasteiger partial charge in [0.1, 0.15) is 5.52 Å². The summed E-state index contributed by atoms with van der Waals surface area (Å²) in [4.78, 5) is 13.4. The Morgan fingerprint density at radius 3 is 2.38 bits per heavy atom. The Morgan fingerprint density at radius 1 is 1.12 bits per heavy atom. The number of halogens is 1. The molecule has 0 aliphatic rings. The van der Waals surface area contributed by atoms with Crippen molar-refractivity contribution in [2.75, 3.05) is 0 Å². The molecule has 0 N–H and O–H groups in total. The van der Waals surface area contributed by atoms with Gasteiger partial charge in [-0.2, -0.15) is 0 Å². The lowest BCUT2D eigenvalue weighted by Crippen LogP contribution is -2.26. The summed E-state index contributed by atoms with van der Waals surface area (Å²) in [6.45, 7) is 10.9. The first-order chi connectivity index (χ1) is 12.4. The average molecular weight is 372 g/mol. The van der Waals surface area contributed by atoms with Crippen molar-refractivity contribution in [1.29, 1.82) is 0 Å². The van der Waals surface area contributed by atoms with E-state index in [0.717, 1.165) is 35.2 Å². The number of rotatable bonds is 5. The highest BCUT2D eigenvalue weighted by molar-refractivity contribution is 6.30. The zero-order chi connectivity index (χ0) is 19.0. The van der Waals surface area contributed by atoms with E-state index < -0.39 is 0 Å². The second kappa shape index (κ2) is 7.28. The molecule has 0 aliphatic heterocycles. The van der Waals surface area contributed by atoms with Crippen molar-refractivity contribution < 1.29 is 0 Å². The van der Waals surface area contributed by atoms with Crippen LogP contribution in [0.1, 0.15) is 56.4 Å². The van der Waals surface area contributed by atoms with E-state index in [1.807, 2.05) is 43.5 Å². The van der Waals surface area contributed by atoms with Gasteiger partial charge in [-0.15, -0.1) is 5.10 Å². The predicted octanol–water partition coefficient (Wildman–Crippen LogP) is 5.36. The summed E-state index contributed by atoms with van der Waals surface area (Å²) >= 11 is 6.11. The zero-order valence-corrected chi connectivity index (χ0v) is 16.9. The number of aromatic nitrogens is 3. The molecule has 2 heterocycles. The third-order valence-corrected chi connectivity index (χ3v) is 5.49. The molecule has 26 heavy (non-hydrogen) atoms. The highest BCUT2D eigenvalue weighted by atomic mass is 35.5. The quantitative estimate of drug-likeness (QED) is 0.605. The van der Waals surface area contributed by atoms with E-state index in [2.05, 4.69) is 19.9 Å². The first-order valence-corrected chi connectivity index (χ1v) is 9.70. The molecule has 5 heteroatoms. The van der Waals surface area contributed by atoms with E-state index in [-0.39, 0.29) is 5.56 Å². The summed E-state index contributed by atoms with van der Waals surface area (Å²) in [5.41, 5.74) is 4.81. The molecular formula is C21H26ClN3O. The molecule has 2 aromatic heterocycles. The highest BCUT2D eigenvalue weighted by Crippen LogP contribution is 2.29. The van der Waals surface area contributed by atoms with Crippen LogP contribution >= 0.6 is 11.6 Å². The fraction of sp³-hybridized carbons (Fsp3) is 0.429. The Hall–Kier alpha value is -2.07. The maximum atomic E-state index is 13.4. The van der Waals surface area contributed by atoms with Crippen molar-refractivity contribution in [3.63, 3.8) is 0 Å². The van der Waals surface area contributed by atoms with Crippen LogP contribution in [0.2, 0.25) is 5.02 Å². The zero-order valence-electron chi connectivity index (χ0n) is 16.1. The van der Waals surface area contributed by atoms with Crippen LogP contribution in [-0.4, -0.2) is 14.2 Å². The lowest BCUT2D eigenvalue weighted by Gasteiger charge is -2.15. The molecule has 0 unspecified atom stereocenters. The van der Waals surface area contributed by atoms with Crippen LogP contribution < -0.4 is 5.56 Å². The molecular weight excluding hydrogens is 346 g/mol. The van der Waals surface area contributed by atoms with Crippen LogP contribution in [0.25, 0.3) is 16.9 Å². The molecule has 0 amide bonds. The fourth-order valence-corrected chi connectivity index (χ4v) is 4.01. The number of hydrogen-bond donors (Lipinski definition) is 0. The van der Waals surface area contributed by atoms with Gasteiger partial charge in [-0.25, -0.2) is 4.52 Å². The van der Waals surface area contributed by atoms with Gasteiger partial charge in [-0.05, 0) is 74.9 Å². The molecule has 0 aliphatic carbocycles. The summed E-state index contributed by atoms with van der Waals surface area (Å²) in [6, 6.07) is 7.82. The lowest BCUT2D eigenvalue weighted by atomic mass is 9.95. The van der Waals surface area contributed by atoms with Crippen LogP contribution in [0.5, 0.6) is 0 Å². The van der Waals surface area contributed by atoms with Crippen molar-refractivity contribution in [2.24, 2.45) is 0 Å². The predicted molar refractivity (Wildman–Crippen MR) is 108 cm³/mol. The molecule has 0 bridgehead atoms. The number of hydrogen-bond acceptors (Lipinski definition) is 2. The topological polar surface area (TPSA) is 39.3 Å². The summed E-state index contributed by atoms with van der Waals surface area (Å²) in [6.07, 6.45) is 2.03. The van der Waals surface area contributed by atoms with Gasteiger partial charge in [0.15, 0.2) is 5.82 Å². The number of fused-ring (bicyclic) bond motifs is 1. The van der Waals surface area contributed by atoms with Gasteiger partial charge in [0.25, 0.3) is 5.56 Å². The molecule has 4 nitrogen and oxygen atoms in total. The first kappa shape index (κ1) is 18.7. The molecule has 0 saturated heterocycles. The third kappa shape index (κ3) is 2.96. The third-order valence-electron chi connectivity index (χ3n) is 5.25. The van der Waals surface area contributed by atoms with Gasteiger partial charge in [0.2, 0.25) is 0 Å². The standard InChI is InChI=1S/C21H26ClN3O/c1-6-15(7-2)18-12-14(5)25-19(18)21(26)24(8-3)20(23-25)17-10-9-16(22)11-13(17)4/h9-12,15H,6-8H2,1-5H3. The van der Waals surface area contributed by atoms with Gasteiger partial charge in [0.05, 0.1) is 0 Å². The van der Waals surface area contributed by atoms with E-state index in [0.29, 0.717) is 28.8 Å². The summed E-state index contributed by atoms with van der Waals surface area (Å²) in [5, 5.41) is 5.56. The van der Waals surface area contributed by atoms with Gasteiger partial charge >= 0.3 is 0 Å². The van der Waals surface area contributed by atoms with Gasteiger partial charge in [-0.1, -0.05) is 25.4 Å². The minimum Gasteiger partial charge on any atom is -0.290 e. The van der Waals surface area contributed by atoms with E-state index in [4.69, 9.17) is 16.7 Å². The second-order valence-corrected chi connectivity index (χ2v) is 7.28. The molecule has 3 aromatic rings. The monoisotopic (exact) mass is 371 g/mol. The molecule has 0 atom stereocenters. The average Bonchev–Trinajstić information content (AvgIpc) is 2.93. The normalized spacial score (nSPS) is 11.7. The first-order valence-electron chi connectivity index (χ1n) is 9.32. The van der Waals surface area contributed by atoms with Crippen LogP contribution in [0, 0.1) is 13.8 Å². The minimum atomic E-state index is 0.0295. The van der Waals surface area contributed by atoms with Crippen molar-refractivity contribution in [2.45, 2.75) is 59.9 Å². The second-order valence-electron chi connectivity index (χ2n) is 6.85. The maximum Gasteiger partial charge on any atom is 0.278 e. The maximum absolute atomic E-state index is 13.4. The Kier molecular flexibility index (Phi) is 5.24. The van der Waals surface area contributed by atoms with Crippen molar-refractivity contribution >= 4 is 17.1 Å². The van der Waals surface area contributed by atoms with Crippen molar-refractivity contribution in [3.05, 3.63) is 56.5 Å². The van der Waals surface area contributed by atoms with E-state index in [9.17, 15) is 4.79 Å². The number of benzene rings is 1. The van der Waals surface area contributed by atoms with Gasteiger partial charge < -0.3 is 0 Å². The van der Waals surface area contributed by atoms with Crippen LogP contribution in [0.15, 0.2) is 29.1 Å². The summed E-state index contributed by atoms with van der Waals surface area (Å²) in [5.74, 6) is 1.07. The van der Waals surface area contributed by atoms with Crippen molar-refractivity contribution in [1.82, 2.24) is 14.2 Å². The molecule has 138 valence electrons. The molecule has 1 aromatic carbocycles. The van der Waals surface area contributed by atoms with E-state index in [1.165, 1.54) is 0 Å². The lowest BCUT2D eigenvalue weighted by molar-refractivity contribution is 0.640. The van der Waals surface area contributed by atoms with Crippen LogP contribution in [-0.2, 0) is 6.54 Å². The summed E-state index contributed by atoms with van der Waals surface area (Å²) in [7, 11) is 0. The van der Waals surface area contributed by atoms with Gasteiger partial charge in [0, 0.05) is 22.8 Å². The number of nitrogens with zero attached hydrogens (tertiary/aromatic N) is 3.